The lowest BCUT2D eigenvalue weighted by Gasteiger charge is -2.04. The molecule has 96 valence electrons. The molecule has 0 unspecified atom stereocenters. The van der Waals surface area contributed by atoms with Gasteiger partial charge in [0.05, 0.1) is 5.69 Å². The van der Waals surface area contributed by atoms with Crippen molar-refractivity contribution in [3.05, 3.63) is 18.0 Å². The smallest absolute Gasteiger partial charge is 0.217 e. The van der Waals surface area contributed by atoms with E-state index >= 15 is 0 Å². The predicted molar refractivity (Wildman–Crippen MR) is 67.4 cm³/mol. The highest BCUT2D eigenvalue weighted by Crippen LogP contribution is 2.03. The number of nitrogens with two attached hydrogens (primary N) is 1. The molecule has 0 bridgehead atoms. The number of hydrogen-bond acceptors (Lipinski definition) is 3. The number of amides is 1. The van der Waals surface area contributed by atoms with E-state index in [0.717, 1.165) is 31.6 Å². The summed E-state index contributed by atoms with van der Waals surface area (Å²) in [5, 5.41) is 7.74. The zero-order valence-electron chi connectivity index (χ0n) is 10.6. The van der Waals surface area contributed by atoms with Crippen LogP contribution in [0.25, 0.3) is 0 Å². The highest BCUT2D eigenvalue weighted by molar-refractivity contribution is 5.73. The van der Waals surface area contributed by atoms with E-state index in [1.807, 2.05) is 16.9 Å². The first-order valence-electron chi connectivity index (χ1n) is 6.12. The maximum Gasteiger partial charge on any atom is 0.217 e. The second kappa shape index (κ2) is 7.06. The molecule has 0 fully saturated rings. The summed E-state index contributed by atoms with van der Waals surface area (Å²) in [5.74, 6) is -0.222. The summed E-state index contributed by atoms with van der Waals surface area (Å²) in [7, 11) is 0. The van der Waals surface area contributed by atoms with Crippen LogP contribution in [0.3, 0.4) is 0 Å². The Hall–Kier alpha value is -1.36. The van der Waals surface area contributed by atoms with Gasteiger partial charge in [0.25, 0.3) is 0 Å². The molecular formula is C12H22N4O. The fourth-order valence-electron chi connectivity index (χ4n) is 1.52. The minimum absolute atomic E-state index is 0.222. The number of rotatable bonds is 8. The first-order chi connectivity index (χ1) is 8.09. The van der Waals surface area contributed by atoms with E-state index in [1.165, 1.54) is 0 Å². The number of nitrogens with one attached hydrogen (secondary N) is 1. The molecule has 0 spiro atoms. The Morgan fingerprint density at radius 2 is 2.29 bits per heavy atom. The average molecular weight is 238 g/mol. The third-order valence-electron chi connectivity index (χ3n) is 2.53. The topological polar surface area (TPSA) is 72.9 Å². The minimum atomic E-state index is -0.222. The molecule has 5 heteroatoms. The molecule has 0 aliphatic heterocycles. The zero-order chi connectivity index (χ0) is 12.7. The van der Waals surface area contributed by atoms with Gasteiger partial charge in [-0.15, -0.1) is 0 Å². The molecule has 0 saturated heterocycles. The fourth-order valence-corrected chi connectivity index (χ4v) is 1.52. The van der Waals surface area contributed by atoms with Crippen LogP contribution in [0.2, 0.25) is 0 Å². The summed E-state index contributed by atoms with van der Waals surface area (Å²) in [5.41, 5.74) is 6.11. The summed E-state index contributed by atoms with van der Waals surface area (Å²) in [6.07, 6.45) is 4.29. The summed E-state index contributed by atoms with van der Waals surface area (Å²) < 4.78 is 1.95. The van der Waals surface area contributed by atoms with Crippen molar-refractivity contribution in [3.63, 3.8) is 0 Å². The van der Waals surface area contributed by atoms with Crippen molar-refractivity contribution >= 4 is 5.91 Å². The Kier molecular flexibility index (Phi) is 5.69. The van der Waals surface area contributed by atoms with E-state index < -0.39 is 0 Å². The van der Waals surface area contributed by atoms with Gasteiger partial charge < -0.3 is 11.1 Å². The number of primary amides is 1. The van der Waals surface area contributed by atoms with E-state index in [1.54, 1.807) is 0 Å². The first kappa shape index (κ1) is 13.7. The van der Waals surface area contributed by atoms with Crippen LogP contribution < -0.4 is 11.1 Å². The van der Waals surface area contributed by atoms with Crippen molar-refractivity contribution in [2.24, 2.45) is 5.73 Å². The zero-order valence-corrected chi connectivity index (χ0v) is 10.6. The van der Waals surface area contributed by atoms with Crippen molar-refractivity contribution in [2.45, 2.75) is 45.7 Å². The molecule has 1 heterocycles. The second-order valence-corrected chi connectivity index (χ2v) is 4.48. The third kappa shape index (κ3) is 5.49. The summed E-state index contributed by atoms with van der Waals surface area (Å²) in [4.78, 5) is 10.5. The van der Waals surface area contributed by atoms with Crippen LogP contribution in [0.1, 0.15) is 44.8 Å². The first-order valence-corrected chi connectivity index (χ1v) is 6.12. The van der Waals surface area contributed by atoms with E-state index in [4.69, 9.17) is 5.73 Å². The summed E-state index contributed by atoms with van der Waals surface area (Å²) in [6.45, 7) is 5.88. The highest BCUT2D eigenvalue weighted by Gasteiger charge is 2.01. The Morgan fingerprint density at radius 3 is 2.88 bits per heavy atom. The monoisotopic (exact) mass is 238 g/mol. The van der Waals surface area contributed by atoms with E-state index in [0.29, 0.717) is 12.5 Å². The Labute approximate surface area is 102 Å². The normalized spacial score (nSPS) is 11.0. The van der Waals surface area contributed by atoms with Gasteiger partial charge in [0, 0.05) is 25.2 Å². The van der Waals surface area contributed by atoms with Crippen LogP contribution in [0.5, 0.6) is 0 Å². The molecule has 1 rings (SSSR count). The Balaban J connectivity index is 2.11. The lowest BCUT2D eigenvalue weighted by atomic mass is 10.2. The standard InChI is InChI=1S/C12H22N4O/c1-10(2)16-8-6-11(15-16)9-14-7-4-3-5-12(13)17/h6,8,10,14H,3-5,7,9H2,1-2H3,(H2,13,17). The number of carbonyl (C=O) groups excluding carboxylic acids is 1. The Bertz CT molecular complexity index is 346. The van der Waals surface area contributed by atoms with Crippen molar-refractivity contribution < 1.29 is 4.79 Å². The van der Waals surface area contributed by atoms with Crippen molar-refractivity contribution in [1.82, 2.24) is 15.1 Å². The molecule has 3 N–H and O–H groups in total. The van der Waals surface area contributed by atoms with E-state index in [9.17, 15) is 4.79 Å². The number of hydrogen-bond donors (Lipinski definition) is 2. The number of nitrogens with zero attached hydrogens (tertiary/aromatic N) is 2. The molecule has 1 aromatic rings. The molecular weight excluding hydrogens is 216 g/mol. The lowest BCUT2D eigenvalue weighted by Crippen LogP contribution is -2.16. The van der Waals surface area contributed by atoms with Crippen molar-refractivity contribution in [1.29, 1.82) is 0 Å². The van der Waals surface area contributed by atoms with Crippen LogP contribution in [-0.4, -0.2) is 22.2 Å². The van der Waals surface area contributed by atoms with Gasteiger partial charge in [-0.25, -0.2) is 0 Å². The molecule has 0 aliphatic rings. The molecule has 0 atom stereocenters. The molecule has 0 saturated carbocycles. The van der Waals surface area contributed by atoms with Gasteiger partial charge in [0.15, 0.2) is 0 Å². The SMILES string of the molecule is CC(C)n1ccc(CNCCCCC(N)=O)n1. The number of aromatic nitrogens is 2. The fraction of sp³-hybridized carbons (Fsp3) is 0.667. The van der Waals surface area contributed by atoms with Gasteiger partial charge in [-0.3, -0.25) is 9.48 Å². The molecule has 0 aliphatic carbocycles. The van der Waals surface area contributed by atoms with Gasteiger partial charge in [0.2, 0.25) is 5.91 Å². The second-order valence-electron chi connectivity index (χ2n) is 4.48. The van der Waals surface area contributed by atoms with Crippen LogP contribution >= 0.6 is 0 Å². The van der Waals surface area contributed by atoms with Crippen LogP contribution in [0, 0.1) is 0 Å². The van der Waals surface area contributed by atoms with Gasteiger partial charge in [-0.05, 0) is 39.3 Å². The van der Waals surface area contributed by atoms with E-state index in [2.05, 4.69) is 24.3 Å². The third-order valence-corrected chi connectivity index (χ3v) is 2.53. The molecule has 0 radical (unpaired) electrons. The maximum atomic E-state index is 10.5. The molecule has 17 heavy (non-hydrogen) atoms. The summed E-state index contributed by atoms with van der Waals surface area (Å²) >= 11 is 0. The Morgan fingerprint density at radius 1 is 1.53 bits per heavy atom. The number of unbranched alkanes of at least 4 members (excludes halogenated alkanes) is 1. The van der Waals surface area contributed by atoms with Gasteiger partial charge in [0.1, 0.15) is 0 Å². The van der Waals surface area contributed by atoms with Crippen LogP contribution in [-0.2, 0) is 11.3 Å². The molecule has 0 aromatic carbocycles. The van der Waals surface area contributed by atoms with Crippen LogP contribution in [0.15, 0.2) is 12.3 Å². The van der Waals surface area contributed by atoms with Crippen LogP contribution in [0.4, 0.5) is 0 Å². The largest absolute Gasteiger partial charge is 0.370 e. The van der Waals surface area contributed by atoms with Gasteiger partial charge in [-0.1, -0.05) is 0 Å². The van der Waals surface area contributed by atoms with Gasteiger partial charge in [-0.2, -0.15) is 5.10 Å². The average Bonchev–Trinajstić information content (AvgIpc) is 2.71. The van der Waals surface area contributed by atoms with Crippen molar-refractivity contribution in [2.75, 3.05) is 6.54 Å². The molecule has 1 aromatic heterocycles. The predicted octanol–water partition coefficient (Wildman–Crippen LogP) is 1.21. The molecule has 5 nitrogen and oxygen atoms in total. The van der Waals surface area contributed by atoms with Crippen molar-refractivity contribution in [3.8, 4) is 0 Å². The summed E-state index contributed by atoms with van der Waals surface area (Å²) in [6, 6.07) is 2.43. The molecule has 1 amide bonds. The number of carbonyl (C=O) groups is 1. The van der Waals surface area contributed by atoms with E-state index in [-0.39, 0.29) is 5.91 Å². The lowest BCUT2D eigenvalue weighted by molar-refractivity contribution is -0.118. The van der Waals surface area contributed by atoms with Gasteiger partial charge >= 0.3 is 0 Å². The maximum absolute atomic E-state index is 10.5. The minimum Gasteiger partial charge on any atom is -0.370 e. The highest BCUT2D eigenvalue weighted by atomic mass is 16.1. The quantitative estimate of drug-likeness (QED) is 0.669.